The Bertz CT molecular complexity index is 259. The van der Waals surface area contributed by atoms with Gasteiger partial charge in [0.05, 0.1) is 4.75 Å². The maximum absolute atomic E-state index is 8.75. The van der Waals surface area contributed by atoms with E-state index in [4.69, 9.17) is 5.21 Å². The van der Waals surface area contributed by atoms with Crippen molar-refractivity contribution in [2.75, 3.05) is 0 Å². The van der Waals surface area contributed by atoms with Crippen LogP contribution in [0.15, 0.2) is 10.1 Å². The molecule has 3 nitrogen and oxygen atoms in total. The van der Waals surface area contributed by atoms with Crippen LogP contribution in [0.1, 0.15) is 27.7 Å². The average molecular weight is 218 g/mol. The molecule has 0 aromatic rings. The first-order chi connectivity index (χ1) is 5.95. The summed E-state index contributed by atoms with van der Waals surface area (Å²) in [7, 11) is 0. The van der Waals surface area contributed by atoms with E-state index in [0.717, 1.165) is 9.42 Å². The van der Waals surface area contributed by atoms with Gasteiger partial charge in [-0.05, 0) is 39.5 Å². The van der Waals surface area contributed by atoms with Crippen LogP contribution in [-0.2, 0) is 0 Å². The Morgan fingerprint density at radius 1 is 1.38 bits per heavy atom. The average Bonchev–Trinajstić information content (AvgIpc) is 2.23. The topological polar surface area (TPSA) is 45.0 Å². The molecule has 1 N–H and O–H groups in total. The third-order valence-corrected chi connectivity index (χ3v) is 4.17. The van der Waals surface area contributed by atoms with E-state index < -0.39 is 0 Å². The number of hydrogen-bond donors (Lipinski definition) is 1. The van der Waals surface area contributed by atoms with Crippen LogP contribution >= 0.6 is 23.5 Å². The van der Waals surface area contributed by atoms with Crippen molar-refractivity contribution in [3.63, 3.8) is 0 Å². The molecule has 0 aliphatic carbocycles. The zero-order valence-corrected chi connectivity index (χ0v) is 9.87. The molecule has 0 radical (unpaired) electrons. The molecule has 13 heavy (non-hydrogen) atoms. The van der Waals surface area contributed by atoms with E-state index in [1.807, 2.05) is 27.7 Å². The number of oxime groups is 1. The van der Waals surface area contributed by atoms with Crippen molar-refractivity contribution >= 4 is 32.9 Å². The van der Waals surface area contributed by atoms with Gasteiger partial charge in [-0.1, -0.05) is 16.9 Å². The number of thioether (sulfide) groups is 2. The van der Waals surface area contributed by atoms with Crippen LogP contribution < -0.4 is 0 Å². The third kappa shape index (κ3) is 2.64. The second kappa shape index (κ2) is 3.92. The van der Waals surface area contributed by atoms with E-state index >= 15 is 0 Å². The first kappa shape index (κ1) is 10.9. The lowest BCUT2D eigenvalue weighted by molar-refractivity contribution is 0.319. The molecule has 0 aromatic heterocycles. The van der Waals surface area contributed by atoms with E-state index in [0.29, 0.717) is 6.04 Å². The summed E-state index contributed by atoms with van der Waals surface area (Å²) >= 11 is 3.11. The highest BCUT2D eigenvalue weighted by Crippen LogP contribution is 2.43. The zero-order valence-electron chi connectivity index (χ0n) is 8.24. The highest BCUT2D eigenvalue weighted by Gasteiger charge is 2.37. The summed E-state index contributed by atoms with van der Waals surface area (Å²) < 4.78 is 0.862. The normalized spacial score (nSPS) is 27.8. The van der Waals surface area contributed by atoms with Crippen LogP contribution in [0.25, 0.3) is 0 Å². The Labute approximate surface area is 87.1 Å². The van der Waals surface area contributed by atoms with Gasteiger partial charge >= 0.3 is 0 Å². The van der Waals surface area contributed by atoms with Gasteiger partial charge in [-0.25, -0.2) is 0 Å². The van der Waals surface area contributed by atoms with Crippen molar-refractivity contribution in [1.29, 1.82) is 0 Å². The van der Waals surface area contributed by atoms with E-state index in [1.54, 1.807) is 11.8 Å². The van der Waals surface area contributed by atoms with Gasteiger partial charge in [-0.3, -0.25) is 4.99 Å². The monoisotopic (exact) mass is 218 g/mol. The highest BCUT2D eigenvalue weighted by molar-refractivity contribution is 8.50. The summed E-state index contributed by atoms with van der Waals surface area (Å²) in [5.41, 5.74) is 0. The molecule has 1 saturated heterocycles. The molecule has 74 valence electrons. The highest BCUT2D eigenvalue weighted by atomic mass is 32.2. The van der Waals surface area contributed by atoms with Crippen molar-refractivity contribution in [1.82, 2.24) is 0 Å². The number of rotatable bonds is 1. The standard InChI is InChI=1S/C8H14N2OS2/c1-5(2)9-7-12-6(10-11)8(3,4)13-7/h5,11H,1-4H3/b9-7?,10-6-. The molecule has 1 aliphatic rings. The maximum atomic E-state index is 8.75. The fourth-order valence-corrected chi connectivity index (χ4v) is 3.71. The summed E-state index contributed by atoms with van der Waals surface area (Å²) in [6.07, 6.45) is 0. The van der Waals surface area contributed by atoms with Crippen molar-refractivity contribution in [2.24, 2.45) is 10.1 Å². The molecule has 1 aliphatic heterocycles. The molecule has 0 saturated carbocycles. The summed E-state index contributed by atoms with van der Waals surface area (Å²) in [6.45, 7) is 8.13. The number of nitrogens with zero attached hydrogens (tertiary/aromatic N) is 2. The first-order valence-corrected chi connectivity index (χ1v) is 5.76. The van der Waals surface area contributed by atoms with Crippen LogP contribution in [-0.4, -0.2) is 25.4 Å². The van der Waals surface area contributed by atoms with Crippen molar-refractivity contribution in [3.05, 3.63) is 0 Å². The molecule has 0 atom stereocenters. The lowest BCUT2D eigenvalue weighted by Crippen LogP contribution is -2.19. The van der Waals surface area contributed by atoms with Gasteiger partial charge in [-0.15, -0.1) is 0 Å². The minimum atomic E-state index is -0.132. The number of aliphatic imine (C=N–C) groups is 1. The second-order valence-corrected chi connectivity index (χ2v) is 6.46. The minimum absolute atomic E-state index is 0.132. The second-order valence-electron chi connectivity index (χ2n) is 3.61. The molecule has 1 heterocycles. The predicted octanol–water partition coefficient (Wildman–Crippen LogP) is 2.80. The summed E-state index contributed by atoms with van der Waals surface area (Å²) in [5.74, 6) is 0. The maximum Gasteiger partial charge on any atom is 0.135 e. The number of hydrogen-bond acceptors (Lipinski definition) is 5. The predicted molar refractivity (Wildman–Crippen MR) is 61.1 cm³/mol. The molecular weight excluding hydrogens is 204 g/mol. The summed E-state index contributed by atoms with van der Waals surface area (Å²) in [4.78, 5) is 4.42. The van der Waals surface area contributed by atoms with Gasteiger partial charge in [0.25, 0.3) is 0 Å². The molecule has 0 aromatic carbocycles. The quantitative estimate of drug-likeness (QED) is 0.543. The lowest BCUT2D eigenvalue weighted by Gasteiger charge is -2.12. The zero-order chi connectivity index (χ0) is 10.1. The van der Waals surface area contributed by atoms with Gasteiger partial charge in [0.1, 0.15) is 9.42 Å². The van der Waals surface area contributed by atoms with Crippen LogP contribution in [0, 0.1) is 0 Å². The van der Waals surface area contributed by atoms with Crippen molar-refractivity contribution < 1.29 is 5.21 Å². The molecule has 0 unspecified atom stereocenters. The molecule has 1 rings (SSSR count). The fraction of sp³-hybridized carbons (Fsp3) is 0.750. The van der Waals surface area contributed by atoms with Crippen molar-refractivity contribution in [3.8, 4) is 0 Å². The fourth-order valence-electron chi connectivity index (χ4n) is 0.893. The van der Waals surface area contributed by atoms with Gasteiger partial charge in [-0.2, -0.15) is 0 Å². The van der Waals surface area contributed by atoms with Crippen LogP contribution in [0.2, 0.25) is 0 Å². The van der Waals surface area contributed by atoms with Gasteiger partial charge in [0.15, 0.2) is 0 Å². The lowest BCUT2D eigenvalue weighted by atomic mass is 10.2. The third-order valence-electron chi connectivity index (χ3n) is 1.50. The Morgan fingerprint density at radius 2 is 2.00 bits per heavy atom. The van der Waals surface area contributed by atoms with Gasteiger partial charge < -0.3 is 5.21 Å². The van der Waals surface area contributed by atoms with Crippen LogP contribution in [0.5, 0.6) is 0 Å². The summed E-state index contributed by atoms with van der Waals surface area (Å²) in [6, 6.07) is 0.295. The van der Waals surface area contributed by atoms with Crippen LogP contribution in [0.3, 0.4) is 0 Å². The van der Waals surface area contributed by atoms with E-state index in [2.05, 4.69) is 10.1 Å². The van der Waals surface area contributed by atoms with E-state index in [-0.39, 0.29) is 4.75 Å². The van der Waals surface area contributed by atoms with E-state index in [1.165, 1.54) is 11.8 Å². The summed E-state index contributed by atoms with van der Waals surface area (Å²) in [5, 5.41) is 12.8. The Hall–Kier alpha value is -0.160. The smallest absolute Gasteiger partial charge is 0.135 e. The van der Waals surface area contributed by atoms with E-state index in [9.17, 15) is 0 Å². The van der Waals surface area contributed by atoms with Crippen LogP contribution in [0.4, 0.5) is 0 Å². The van der Waals surface area contributed by atoms with Gasteiger partial charge in [0.2, 0.25) is 0 Å². The Balaban J connectivity index is 2.82. The molecule has 0 bridgehead atoms. The van der Waals surface area contributed by atoms with Crippen molar-refractivity contribution in [2.45, 2.75) is 38.5 Å². The minimum Gasteiger partial charge on any atom is -0.410 e. The molecule has 0 amide bonds. The SMILES string of the molecule is CC(C)N=C1S/C(=N\O)C(C)(C)S1. The van der Waals surface area contributed by atoms with Gasteiger partial charge in [0, 0.05) is 6.04 Å². The molecular formula is C8H14N2OS2. The first-order valence-electron chi connectivity index (χ1n) is 4.13. The molecule has 1 fully saturated rings. The Kier molecular flexibility index (Phi) is 3.29. The molecule has 0 spiro atoms. The molecule has 5 heteroatoms. The Morgan fingerprint density at radius 3 is 2.38 bits per heavy atom. The largest absolute Gasteiger partial charge is 0.410 e.